The van der Waals surface area contributed by atoms with Gasteiger partial charge in [0.05, 0.1) is 5.39 Å². The Morgan fingerprint density at radius 3 is 2.65 bits per heavy atom. The van der Waals surface area contributed by atoms with E-state index in [1.54, 1.807) is 11.3 Å². The van der Waals surface area contributed by atoms with Crippen LogP contribution in [0.15, 0.2) is 48.5 Å². The first kappa shape index (κ1) is 17.1. The van der Waals surface area contributed by atoms with Gasteiger partial charge in [-0.25, -0.2) is 9.97 Å². The van der Waals surface area contributed by atoms with Crippen LogP contribution in [0.2, 0.25) is 5.28 Å². The van der Waals surface area contributed by atoms with Crippen molar-refractivity contribution in [1.82, 2.24) is 9.97 Å². The average Bonchev–Trinajstić information content (AvgIpc) is 3.08. The molecule has 4 aromatic rings. The molecule has 4 nitrogen and oxygen atoms in total. The minimum atomic E-state index is 0.284. The van der Waals surface area contributed by atoms with Crippen LogP contribution >= 0.6 is 22.9 Å². The zero-order chi connectivity index (χ0) is 17.9. The average molecular weight is 383 g/mol. The van der Waals surface area contributed by atoms with Crippen LogP contribution < -0.4 is 10.6 Å². The molecular formula is C20H19ClN4S. The van der Waals surface area contributed by atoms with Gasteiger partial charge >= 0.3 is 0 Å². The zero-order valence-corrected chi connectivity index (χ0v) is 16.0. The Kier molecular flexibility index (Phi) is 4.91. The summed E-state index contributed by atoms with van der Waals surface area (Å²) in [6.45, 7) is 3.66. The van der Waals surface area contributed by atoms with Crippen LogP contribution in [-0.2, 0) is 6.42 Å². The lowest BCUT2D eigenvalue weighted by molar-refractivity contribution is 1.06. The first-order valence-electron chi connectivity index (χ1n) is 8.66. The van der Waals surface area contributed by atoms with Gasteiger partial charge in [-0.05, 0) is 35.5 Å². The summed E-state index contributed by atoms with van der Waals surface area (Å²) in [5.74, 6) is 0.802. The van der Waals surface area contributed by atoms with Crippen molar-refractivity contribution < 1.29 is 0 Å². The molecule has 0 atom stereocenters. The van der Waals surface area contributed by atoms with Crippen LogP contribution in [0, 0.1) is 0 Å². The molecule has 0 saturated heterocycles. The molecule has 0 aliphatic heterocycles. The maximum Gasteiger partial charge on any atom is 0.225 e. The Labute approximate surface area is 161 Å². The highest BCUT2D eigenvalue weighted by atomic mass is 35.5. The quantitative estimate of drug-likeness (QED) is 0.337. The molecule has 2 N–H and O–H groups in total. The van der Waals surface area contributed by atoms with E-state index >= 15 is 0 Å². The number of hydrogen-bond donors (Lipinski definition) is 2. The van der Waals surface area contributed by atoms with Crippen molar-refractivity contribution in [2.24, 2.45) is 0 Å². The number of halogens is 1. The maximum absolute atomic E-state index is 6.08. The van der Waals surface area contributed by atoms with E-state index in [0.29, 0.717) is 0 Å². The Bertz CT molecular complexity index is 1050. The van der Waals surface area contributed by atoms with Gasteiger partial charge in [-0.3, -0.25) is 0 Å². The number of benzene rings is 2. The molecule has 0 amide bonds. The van der Waals surface area contributed by atoms with Crippen LogP contribution in [-0.4, -0.2) is 23.1 Å². The predicted molar refractivity (Wildman–Crippen MR) is 113 cm³/mol. The molecule has 0 fully saturated rings. The van der Waals surface area contributed by atoms with Crippen molar-refractivity contribution >= 4 is 55.4 Å². The van der Waals surface area contributed by atoms with E-state index in [-0.39, 0.29) is 5.28 Å². The number of rotatable bonds is 6. The van der Waals surface area contributed by atoms with E-state index in [1.165, 1.54) is 15.6 Å². The van der Waals surface area contributed by atoms with Crippen LogP contribution in [0.1, 0.15) is 11.8 Å². The van der Waals surface area contributed by atoms with Crippen molar-refractivity contribution in [2.45, 2.75) is 13.3 Å². The molecule has 132 valence electrons. The van der Waals surface area contributed by atoms with Gasteiger partial charge in [-0.15, -0.1) is 11.3 Å². The van der Waals surface area contributed by atoms with E-state index < -0.39 is 0 Å². The third-order valence-corrected chi connectivity index (χ3v) is 5.63. The Balaban J connectivity index is 1.46. The van der Waals surface area contributed by atoms with Gasteiger partial charge in [-0.1, -0.05) is 43.3 Å². The fraction of sp³-hybridized carbons (Fsp3) is 0.200. The molecule has 4 rings (SSSR count). The first-order chi connectivity index (χ1) is 12.7. The summed E-state index contributed by atoms with van der Waals surface area (Å²) in [6, 6.07) is 16.8. The van der Waals surface area contributed by atoms with Gasteiger partial charge in [0.25, 0.3) is 0 Å². The SMILES string of the molecule is CCc1cc2c(NCCNc3cccc4ccccc34)nc(Cl)nc2s1. The lowest BCUT2D eigenvalue weighted by atomic mass is 10.1. The summed E-state index contributed by atoms with van der Waals surface area (Å²) >= 11 is 7.75. The lowest BCUT2D eigenvalue weighted by Crippen LogP contribution is -2.14. The van der Waals surface area contributed by atoms with Crippen LogP contribution in [0.3, 0.4) is 0 Å². The molecule has 0 saturated carbocycles. The topological polar surface area (TPSA) is 49.8 Å². The van der Waals surface area contributed by atoms with Crippen LogP contribution in [0.25, 0.3) is 21.0 Å². The van der Waals surface area contributed by atoms with E-state index in [4.69, 9.17) is 11.6 Å². The van der Waals surface area contributed by atoms with Crippen molar-refractivity contribution in [3.8, 4) is 0 Å². The van der Waals surface area contributed by atoms with Gasteiger partial charge in [-0.2, -0.15) is 0 Å². The smallest absolute Gasteiger partial charge is 0.225 e. The van der Waals surface area contributed by atoms with Gasteiger partial charge in [0, 0.05) is 29.0 Å². The van der Waals surface area contributed by atoms with Crippen molar-refractivity contribution in [3.05, 3.63) is 58.7 Å². The largest absolute Gasteiger partial charge is 0.383 e. The summed E-state index contributed by atoms with van der Waals surface area (Å²) in [5.41, 5.74) is 1.14. The highest BCUT2D eigenvalue weighted by Crippen LogP contribution is 2.30. The van der Waals surface area contributed by atoms with E-state index in [1.807, 2.05) is 0 Å². The summed E-state index contributed by atoms with van der Waals surface area (Å²) in [7, 11) is 0. The number of aromatic nitrogens is 2. The second-order valence-corrected chi connectivity index (χ2v) is 7.46. The summed E-state index contributed by atoms with van der Waals surface area (Å²) in [6.07, 6.45) is 0.987. The van der Waals surface area contributed by atoms with Gasteiger partial charge in [0.2, 0.25) is 5.28 Å². The molecule has 6 heteroatoms. The molecule has 0 bridgehead atoms. The monoisotopic (exact) mass is 382 g/mol. The molecular weight excluding hydrogens is 364 g/mol. The predicted octanol–water partition coefficient (Wildman–Crippen LogP) is 5.58. The minimum absolute atomic E-state index is 0.284. The number of fused-ring (bicyclic) bond motifs is 2. The number of thiophene rings is 1. The molecule has 2 heterocycles. The summed E-state index contributed by atoms with van der Waals surface area (Å²) < 4.78 is 0. The van der Waals surface area contributed by atoms with Crippen LogP contribution in [0.4, 0.5) is 11.5 Å². The van der Waals surface area contributed by atoms with Gasteiger partial charge in [0.15, 0.2) is 0 Å². The van der Waals surface area contributed by atoms with E-state index in [0.717, 1.165) is 41.2 Å². The van der Waals surface area contributed by atoms with Crippen molar-refractivity contribution in [2.75, 3.05) is 23.7 Å². The van der Waals surface area contributed by atoms with Crippen molar-refractivity contribution in [3.63, 3.8) is 0 Å². The number of nitrogens with zero attached hydrogens (tertiary/aromatic N) is 2. The van der Waals surface area contributed by atoms with E-state index in [2.05, 4.69) is 76.1 Å². The van der Waals surface area contributed by atoms with Crippen LogP contribution in [0.5, 0.6) is 0 Å². The Morgan fingerprint density at radius 1 is 0.962 bits per heavy atom. The fourth-order valence-corrected chi connectivity index (χ4v) is 4.20. The first-order valence-corrected chi connectivity index (χ1v) is 9.85. The molecule has 2 aromatic carbocycles. The van der Waals surface area contributed by atoms with Gasteiger partial charge in [0.1, 0.15) is 10.6 Å². The molecule has 0 aliphatic rings. The number of nitrogens with one attached hydrogen (secondary N) is 2. The standard InChI is InChI=1S/C20H19ClN4S/c1-2-14-12-16-18(24-20(21)25-19(16)26-14)23-11-10-22-17-9-5-7-13-6-3-4-8-15(13)17/h3-9,12,22H,2,10-11H2,1H3,(H,23,24,25). The molecule has 0 unspecified atom stereocenters. The second-order valence-electron chi connectivity index (χ2n) is 6.01. The molecule has 0 spiro atoms. The van der Waals surface area contributed by atoms with E-state index in [9.17, 15) is 0 Å². The number of anilines is 2. The highest BCUT2D eigenvalue weighted by molar-refractivity contribution is 7.18. The fourth-order valence-electron chi connectivity index (χ4n) is 3.01. The molecule has 0 aliphatic carbocycles. The summed E-state index contributed by atoms with van der Waals surface area (Å²) in [5, 5.41) is 10.7. The van der Waals surface area contributed by atoms with Crippen molar-refractivity contribution in [1.29, 1.82) is 0 Å². The summed E-state index contributed by atoms with van der Waals surface area (Å²) in [4.78, 5) is 10.9. The number of aryl methyl sites for hydroxylation is 1. The lowest BCUT2D eigenvalue weighted by Gasteiger charge is -2.11. The zero-order valence-electron chi connectivity index (χ0n) is 14.4. The van der Waals surface area contributed by atoms with Gasteiger partial charge < -0.3 is 10.6 Å². The second kappa shape index (κ2) is 7.48. The highest BCUT2D eigenvalue weighted by Gasteiger charge is 2.10. The molecule has 2 aromatic heterocycles. The Morgan fingerprint density at radius 2 is 1.77 bits per heavy atom. The maximum atomic E-state index is 6.08. The molecule has 26 heavy (non-hydrogen) atoms. The molecule has 0 radical (unpaired) electrons. The minimum Gasteiger partial charge on any atom is -0.383 e. The normalized spacial score (nSPS) is 11.2. The third kappa shape index (κ3) is 3.45. The Hall–Kier alpha value is -2.37. The third-order valence-electron chi connectivity index (χ3n) is 4.29. The number of hydrogen-bond acceptors (Lipinski definition) is 5.